The van der Waals surface area contributed by atoms with Gasteiger partial charge in [0.15, 0.2) is 0 Å². The van der Waals surface area contributed by atoms with Gasteiger partial charge in [-0.25, -0.2) is 4.79 Å². The van der Waals surface area contributed by atoms with Crippen LogP contribution in [0.25, 0.3) is 0 Å². The summed E-state index contributed by atoms with van der Waals surface area (Å²) < 4.78 is 0. The molecule has 0 fully saturated rings. The molecule has 0 spiro atoms. The molecular formula is C12H15NO4. The van der Waals surface area contributed by atoms with Gasteiger partial charge in [-0.2, -0.15) is 0 Å². The first-order valence-corrected chi connectivity index (χ1v) is 5.27. The average molecular weight is 237 g/mol. The second-order valence-electron chi connectivity index (χ2n) is 3.72. The van der Waals surface area contributed by atoms with E-state index in [-0.39, 0.29) is 5.56 Å². The Bertz CT molecular complexity index is 417. The van der Waals surface area contributed by atoms with Crippen molar-refractivity contribution in [3.8, 4) is 0 Å². The molecule has 1 atom stereocenters. The maximum absolute atomic E-state index is 10.8. The number of rotatable bonds is 6. The lowest BCUT2D eigenvalue weighted by Gasteiger charge is -2.10. The molecule has 17 heavy (non-hydrogen) atoms. The molecule has 5 heteroatoms. The minimum absolute atomic E-state index is 0.221. The Kier molecular flexibility index (Phi) is 4.66. The van der Waals surface area contributed by atoms with Crippen LogP contribution in [0.2, 0.25) is 0 Å². The van der Waals surface area contributed by atoms with Gasteiger partial charge in [-0.05, 0) is 37.6 Å². The van der Waals surface area contributed by atoms with Crippen LogP contribution in [0.4, 0.5) is 0 Å². The van der Waals surface area contributed by atoms with E-state index in [0.29, 0.717) is 12.8 Å². The van der Waals surface area contributed by atoms with E-state index in [4.69, 9.17) is 10.2 Å². The number of nitrogens with one attached hydrogen (secondary N) is 1. The van der Waals surface area contributed by atoms with E-state index in [2.05, 4.69) is 5.32 Å². The fourth-order valence-electron chi connectivity index (χ4n) is 1.56. The van der Waals surface area contributed by atoms with Crippen LogP contribution in [0, 0.1) is 0 Å². The summed E-state index contributed by atoms with van der Waals surface area (Å²) in [4.78, 5) is 21.5. The number of hydrogen-bond acceptors (Lipinski definition) is 3. The Morgan fingerprint density at radius 3 is 2.59 bits per heavy atom. The highest BCUT2D eigenvalue weighted by atomic mass is 16.4. The predicted octanol–water partition coefficient (Wildman–Crippen LogP) is 0.990. The molecule has 0 aliphatic carbocycles. The molecule has 92 valence electrons. The minimum Gasteiger partial charge on any atom is -0.480 e. The van der Waals surface area contributed by atoms with Gasteiger partial charge < -0.3 is 15.5 Å². The standard InChI is InChI=1S/C12H15NO4/c1-13-10(12(16)17)6-5-8-3-2-4-9(7-8)11(14)15/h2-4,7,10,13H,5-6H2,1H3,(H,14,15)(H,16,17)/t10-/m1/s1. The SMILES string of the molecule is CN[C@H](CCc1cccc(C(=O)O)c1)C(=O)O. The van der Waals surface area contributed by atoms with Crippen LogP contribution < -0.4 is 5.32 Å². The predicted molar refractivity (Wildman–Crippen MR) is 62.2 cm³/mol. The number of carbonyl (C=O) groups is 2. The van der Waals surface area contributed by atoms with Crippen LogP contribution in [0.1, 0.15) is 22.3 Å². The number of likely N-dealkylation sites (N-methyl/N-ethyl adjacent to an activating group) is 1. The lowest BCUT2D eigenvalue weighted by Crippen LogP contribution is -2.34. The van der Waals surface area contributed by atoms with Crippen molar-refractivity contribution in [1.82, 2.24) is 5.32 Å². The lowest BCUT2D eigenvalue weighted by molar-refractivity contribution is -0.139. The van der Waals surface area contributed by atoms with Crippen LogP contribution >= 0.6 is 0 Å². The zero-order valence-electron chi connectivity index (χ0n) is 9.51. The summed E-state index contributed by atoms with van der Waals surface area (Å²) in [6.45, 7) is 0. The molecule has 0 saturated carbocycles. The van der Waals surface area contributed by atoms with Gasteiger partial charge >= 0.3 is 11.9 Å². The fourth-order valence-corrected chi connectivity index (χ4v) is 1.56. The molecule has 1 aromatic rings. The first kappa shape index (κ1) is 13.2. The Hall–Kier alpha value is -1.88. The van der Waals surface area contributed by atoms with Crippen LogP contribution in [0.15, 0.2) is 24.3 Å². The first-order valence-electron chi connectivity index (χ1n) is 5.27. The molecule has 0 unspecified atom stereocenters. The number of carboxylic acids is 2. The van der Waals surface area contributed by atoms with Crippen LogP contribution in [-0.2, 0) is 11.2 Å². The monoisotopic (exact) mass is 237 g/mol. The van der Waals surface area contributed by atoms with E-state index in [1.54, 1.807) is 25.2 Å². The maximum atomic E-state index is 10.8. The Morgan fingerprint density at radius 2 is 2.06 bits per heavy atom. The summed E-state index contributed by atoms with van der Waals surface area (Å²) in [7, 11) is 1.59. The van der Waals surface area contributed by atoms with Crippen molar-refractivity contribution >= 4 is 11.9 Å². The highest BCUT2D eigenvalue weighted by molar-refractivity contribution is 5.87. The quantitative estimate of drug-likeness (QED) is 0.686. The number of benzene rings is 1. The van der Waals surface area contributed by atoms with Crippen molar-refractivity contribution < 1.29 is 19.8 Å². The van der Waals surface area contributed by atoms with Crippen molar-refractivity contribution in [2.75, 3.05) is 7.05 Å². The minimum atomic E-state index is -0.977. The largest absolute Gasteiger partial charge is 0.480 e. The third-order valence-electron chi connectivity index (χ3n) is 2.54. The third-order valence-corrected chi connectivity index (χ3v) is 2.54. The smallest absolute Gasteiger partial charge is 0.335 e. The van der Waals surface area contributed by atoms with Gasteiger partial charge in [-0.3, -0.25) is 4.79 Å². The van der Waals surface area contributed by atoms with E-state index in [1.165, 1.54) is 6.07 Å². The molecular weight excluding hydrogens is 222 g/mol. The number of aryl methyl sites for hydroxylation is 1. The number of hydrogen-bond donors (Lipinski definition) is 3. The highest BCUT2D eigenvalue weighted by Gasteiger charge is 2.14. The summed E-state index contributed by atoms with van der Waals surface area (Å²) in [6, 6.07) is 5.92. The van der Waals surface area contributed by atoms with E-state index >= 15 is 0 Å². The van der Waals surface area contributed by atoms with Gasteiger partial charge in [0, 0.05) is 0 Å². The lowest BCUT2D eigenvalue weighted by atomic mass is 10.0. The molecule has 0 saturated heterocycles. The Balaban J connectivity index is 2.66. The van der Waals surface area contributed by atoms with Gasteiger partial charge in [0.2, 0.25) is 0 Å². The molecule has 0 bridgehead atoms. The van der Waals surface area contributed by atoms with Gasteiger partial charge in [0.1, 0.15) is 6.04 Å². The van der Waals surface area contributed by atoms with Gasteiger partial charge in [0.25, 0.3) is 0 Å². The second kappa shape index (κ2) is 6.00. The number of carboxylic acid groups (broad SMARTS) is 2. The van der Waals surface area contributed by atoms with Gasteiger partial charge in [-0.1, -0.05) is 12.1 Å². The van der Waals surface area contributed by atoms with Crippen LogP contribution in [0.3, 0.4) is 0 Å². The van der Waals surface area contributed by atoms with Crippen molar-refractivity contribution in [2.45, 2.75) is 18.9 Å². The molecule has 1 aromatic carbocycles. The van der Waals surface area contributed by atoms with E-state index in [1.807, 2.05) is 0 Å². The van der Waals surface area contributed by atoms with Crippen molar-refractivity contribution in [1.29, 1.82) is 0 Å². The molecule has 0 aliphatic heterocycles. The summed E-state index contributed by atoms with van der Waals surface area (Å²) in [5, 5.41) is 20.3. The van der Waals surface area contributed by atoms with Crippen molar-refractivity contribution in [3.05, 3.63) is 35.4 Å². The molecule has 1 rings (SSSR count). The summed E-state index contributed by atoms with van der Waals surface area (Å²) >= 11 is 0. The summed E-state index contributed by atoms with van der Waals surface area (Å²) in [5.74, 6) is -1.88. The second-order valence-corrected chi connectivity index (χ2v) is 3.72. The normalized spacial score (nSPS) is 12.1. The molecule has 0 aliphatic rings. The molecule has 0 aromatic heterocycles. The number of aliphatic carboxylic acids is 1. The van der Waals surface area contributed by atoms with E-state index < -0.39 is 18.0 Å². The molecule has 0 amide bonds. The molecule has 5 nitrogen and oxygen atoms in total. The zero-order chi connectivity index (χ0) is 12.8. The summed E-state index contributed by atoms with van der Waals surface area (Å²) in [6.07, 6.45) is 0.952. The molecule has 0 radical (unpaired) electrons. The fraction of sp³-hybridized carbons (Fsp3) is 0.333. The highest BCUT2D eigenvalue weighted by Crippen LogP contribution is 2.09. The van der Waals surface area contributed by atoms with Crippen LogP contribution in [0.5, 0.6) is 0 Å². The van der Waals surface area contributed by atoms with Crippen LogP contribution in [-0.4, -0.2) is 35.2 Å². The van der Waals surface area contributed by atoms with Gasteiger partial charge in [-0.15, -0.1) is 0 Å². The number of aromatic carboxylic acids is 1. The maximum Gasteiger partial charge on any atom is 0.335 e. The van der Waals surface area contributed by atoms with E-state index in [9.17, 15) is 9.59 Å². The van der Waals surface area contributed by atoms with Crippen molar-refractivity contribution in [3.63, 3.8) is 0 Å². The van der Waals surface area contributed by atoms with Crippen molar-refractivity contribution in [2.24, 2.45) is 0 Å². The van der Waals surface area contributed by atoms with E-state index in [0.717, 1.165) is 5.56 Å². The van der Waals surface area contributed by atoms with Gasteiger partial charge in [0.05, 0.1) is 5.56 Å². The topological polar surface area (TPSA) is 86.6 Å². The molecule has 0 heterocycles. The summed E-state index contributed by atoms with van der Waals surface area (Å²) in [5.41, 5.74) is 1.05. The molecule has 3 N–H and O–H groups in total. The Labute approximate surface area is 99.1 Å². The third kappa shape index (κ3) is 3.88. The average Bonchev–Trinajstić information content (AvgIpc) is 2.29. The Morgan fingerprint density at radius 1 is 1.35 bits per heavy atom. The first-order chi connectivity index (χ1) is 8.04. The zero-order valence-corrected chi connectivity index (χ0v) is 9.51.